The fourth-order valence-electron chi connectivity index (χ4n) is 2.39. The van der Waals surface area contributed by atoms with E-state index in [1.165, 1.54) is 12.3 Å². The van der Waals surface area contributed by atoms with Crippen molar-refractivity contribution in [3.63, 3.8) is 0 Å². The predicted molar refractivity (Wildman–Crippen MR) is 70.3 cm³/mol. The minimum atomic E-state index is -0.511. The van der Waals surface area contributed by atoms with E-state index in [4.69, 9.17) is 5.73 Å². The monoisotopic (exact) mass is 256 g/mol. The number of halogens is 1. The Morgan fingerprint density at radius 3 is 2.47 bits per heavy atom. The fraction of sp³-hybridized carbons (Fsp3) is 0.200. The Morgan fingerprint density at radius 2 is 1.89 bits per heavy atom. The van der Waals surface area contributed by atoms with Crippen molar-refractivity contribution in [3.8, 4) is 0 Å². The number of Topliss-reactive ketones (excluding diaryl/α,β-unsaturated/α-hetero) is 1. The maximum absolute atomic E-state index is 13.2. The van der Waals surface area contributed by atoms with Crippen LogP contribution >= 0.6 is 0 Å². The molecular weight excluding hydrogens is 243 g/mol. The second-order valence-electron chi connectivity index (χ2n) is 4.93. The van der Waals surface area contributed by atoms with Crippen molar-refractivity contribution >= 4 is 11.5 Å². The third kappa shape index (κ3) is 1.99. The number of carbonyl (C=O) groups excluding carboxylic acids is 1. The van der Waals surface area contributed by atoms with E-state index in [0.717, 1.165) is 24.6 Å². The number of anilines is 1. The highest BCUT2D eigenvalue weighted by atomic mass is 19.1. The first-order valence-electron chi connectivity index (χ1n) is 6.13. The van der Waals surface area contributed by atoms with Gasteiger partial charge in [-0.25, -0.2) is 4.39 Å². The van der Waals surface area contributed by atoms with E-state index in [0.29, 0.717) is 11.3 Å². The van der Waals surface area contributed by atoms with Crippen LogP contribution in [0.4, 0.5) is 10.1 Å². The molecule has 1 aliphatic carbocycles. The Morgan fingerprint density at radius 1 is 1.21 bits per heavy atom. The summed E-state index contributed by atoms with van der Waals surface area (Å²) in [6.45, 7) is 0. The molecule has 1 saturated carbocycles. The van der Waals surface area contributed by atoms with Crippen molar-refractivity contribution in [2.24, 2.45) is 0 Å². The van der Waals surface area contributed by atoms with Crippen molar-refractivity contribution in [3.05, 3.63) is 59.7 Å². The predicted octanol–water partition coefficient (Wildman–Crippen LogP) is 2.72. The summed E-state index contributed by atoms with van der Waals surface area (Å²) in [7, 11) is 0. The van der Waals surface area contributed by atoms with Gasteiger partial charge < -0.3 is 5.73 Å². The van der Waals surface area contributed by atoms with E-state index in [9.17, 15) is 9.18 Å². The molecule has 0 aliphatic heterocycles. The number of nitrogens with two attached hydrogens (primary N) is 1. The zero-order chi connectivity index (χ0) is 13.5. The summed E-state index contributed by atoms with van der Waals surface area (Å²) in [6, 6.07) is 8.55. The van der Waals surface area contributed by atoms with E-state index < -0.39 is 11.2 Å². The van der Waals surface area contributed by atoms with Crippen LogP contribution in [-0.2, 0) is 5.41 Å². The van der Waals surface area contributed by atoms with Crippen LogP contribution in [0, 0.1) is 5.82 Å². The van der Waals surface area contributed by atoms with Gasteiger partial charge in [0.05, 0.1) is 11.6 Å². The van der Waals surface area contributed by atoms with E-state index in [1.54, 1.807) is 12.1 Å². The Hall–Kier alpha value is -2.23. The number of aromatic nitrogens is 1. The van der Waals surface area contributed by atoms with Gasteiger partial charge in [0.15, 0.2) is 5.78 Å². The highest BCUT2D eigenvalue weighted by molar-refractivity contribution is 6.06. The Labute approximate surface area is 110 Å². The smallest absolute Gasteiger partial charge is 0.175 e. The average molecular weight is 256 g/mol. The van der Waals surface area contributed by atoms with Crippen LogP contribution in [0.25, 0.3) is 0 Å². The fourth-order valence-corrected chi connectivity index (χ4v) is 2.39. The van der Waals surface area contributed by atoms with Crippen molar-refractivity contribution in [2.45, 2.75) is 18.3 Å². The van der Waals surface area contributed by atoms with Gasteiger partial charge in [-0.2, -0.15) is 0 Å². The molecule has 0 radical (unpaired) electrons. The number of pyridine rings is 1. The molecule has 2 aromatic rings. The van der Waals surface area contributed by atoms with E-state index in [2.05, 4.69) is 4.98 Å². The second-order valence-corrected chi connectivity index (χ2v) is 4.93. The van der Waals surface area contributed by atoms with Gasteiger partial charge >= 0.3 is 0 Å². The van der Waals surface area contributed by atoms with Crippen molar-refractivity contribution < 1.29 is 9.18 Å². The lowest BCUT2D eigenvalue weighted by Crippen LogP contribution is -2.21. The number of benzene rings is 1. The van der Waals surface area contributed by atoms with Crippen LogP contribution < -0.4 is 5.73 Å². The second kappa shape index (κ2) is 4.16. The summed E-state index contributed by atoms with van der Waals surface area (Å²) in [5.74, 6) is -0.553. The number of nitrogens with zero attached hydrogens (tertiary/aromatic N) is 1. The molecule has 19 heavy (non-hydrogen) atoms. The maximum atomic E-state index is 13.2. The standard InChI is InChI=1S/C15H13FN2O/c16-12-7-10(8-18-9-12)14(19)15(5-6-15)11-1-3-13(17)4-2-11/h1-4,7-9H,5-6,17H2. The van der Waals surface area contributed by atoms with Crippen LogP contribution in [0.2, 0.25) is 0 Å². The molecule has 3 rings (SSSR count). The quantitative estimate of drug-likeness (QED) is 0.678. The minimum absolute atomic E-state index is 0.0655. The number of carbonyl (C=O) groups is 1. The van der Waals surface area contributed by atoms with Crippen molar-refractivity contribution in [2.75, 3.05) is 5.73 Å². The zero-order valence-electron chi connectivity index (χ0n) is 10.3. The highest BCUT2D eigenvalue weighted by Crippen LogP contribution is 2.50. The molecule has 1 aliphatic rings. The van der Waals surface area contributed by atoms with Gasteiger partial charge in [0.2, 0.25) is 0 Å². The number of hydrogen-bond donors (Lipinski definition) is 1. The summed E-state index contributed by atoms with van der Waals surface area (Å²) in [6.07, 6.45) is 4.08. The zero-order valence-corrected chi connectivity index (χ0v) is 10.3. The first kappa shape index (κ1) is 11.8. The van der Waals surface area contributed by atoms with Gasteiger partial charge in [0.25, 0.3) is 0 Å². The molecule has 1 heterocycles. The Kier molecular flexibility index (Phi) is 2.59. The largest absolute Gasteiger partial charge is 0.399 e. The minimum Gasteiger partial charge on any atom is -0.399 e. The first-order chi connectivity index (χ1) is 9.12. The topological polar surface area (TPSA) is 56.0 Å². The van der Waals surface area contributed by atoms with Crippen LogP contribution in [0.3, 0.4) is 0 Å². The normalized spacial score (nSPS) is 16.1. The molecule has 1 fully saturated rings. The molecule has 0 amide bonds. The van der Waals surface area contributed by atoms with Crippen LogP contribution in [0.15, 0.2) is 42.7 Å². The maximum Gasteiger partial charge on any atom is 0.175 e. The van der Waals surface area contributed by atoms with Crippen LogP contribution in [0.1, 0.15) is 28.8 Å². The summed E-state index contributed by atoms with van der Waals surface area (Å²) < 4.78 is 13.2. The molecule has 0 bridgehead atoms. The summed E-state index contributed by atoms with van der Waals surface area (Å²) in [4.78, 5) is 16.3. The summed E-state index contributed by atoms with van der Waals surface area (Å²) in [5, 5.41) is 0. The molecule has 1 aromatic heterocycles. The van der Waals surface area contributed by atoms with E-state index in [1.807, 2.05) is 12.1 Å². The molecule has 1 aromatic carbocycles. The number of hydrogen-bond acceptors (Lipinski definition) is 3. The Balaban J connectivity index is 1.97. The molecule has 0 saturated heterocycles. The molecule has 0 atom stereocenters. The third-order valence-corrected chi connectivity index (χ3v) is 3.61. The van der Waals surface area contributed by atoms with Gasteiger partial charge in [-0.05, 0) is 36.6 Å². The lowest BCUT2D eigenvalue weighted by atomic mass is 9.88. The lowest BCUT2D eigenvalue weighted by Gasteiger charge is -2.14. The summed E-state index contributed by atoms with van der Waals surface area (Å²) in [5.41, 5.74) is 7.08. The lowest BCUT2D eigenvalue weighted by molar-refractivity contribution is 0.0945. The van der Waals surface area contributed by atoms with Crippen LogP contribution in [-0.4, -0.2) is 10.8 Å². The van der Waals surface area contributed by atoms with Gasteiger partial charge in [-0.1, -0.05) is 12.1 Å². The van der Waals surface area contributed by atoms with Gasteiger partial charge in [0.1, 0.15) is 5.82 Å². The molecule has 96 valence electrons. The van der Waals surface area contributed by atoms with Crippen molar-refractivity contribution in [1.82, 2.24) is 4.98 Å². The molecule has 2 N–H and O–H groups in total. The number of ketones is 1. The van der Waals surface area contributed by atoms with Gasteiger partial charge in [-0.3, -0.25) is 9.78 Å². The SMILES string of the molecule is Nc1ccc(C2(C(=O)c3cncc(F)c3)CC2)cc1. The first-order valence-corrected chi connectivity index (χ1v) is 6.13. The molecule has 0 spiro atoms. The highest BCUT2D eigenvalue weighted by Gasteiger charge is 2.51. The third-order valence-electron chi connectivity index (χ3n) is 3.61. The molecule has 0 unspecified atom stereocenters. The molecular formula is C15H13FN2O. The van der Waals surface area contributed by atoms with Gasteiger partial charge in [0, 0.05) is 17.4 Å². The summed E-state index contributed by atoms with van der Waals surface area (Å²) >= 11 is 0. The average Bonchev–Trinajstić information content (AvgIpc) is 3.20. The number of nitrogen functional groups attached to an aromatic ring is 1. The van der Waals surface area contributed by atoms with Gasteiger partial charge in [-0.15, -0.1) is 0 Å². The van der Waals surface area contributed by atoms with Crippen LogP contribution in [0.5, 0.6) is 0 Å². The number of rotatable bonds is 3. The van der Waals surface area contributed by atoms with Crippen molar-refractivity contribution in [1.29, 1.82) is 0 Å². The van der Waals surface area contributed by atoms with E-state index >= 15 is 0 Å². The Bertz CT molecular complexity index is 633. The molecule has 3 nitrogen and oxygen atoms in total. The molecule has 4 heteroatoms. The van der Waals surface area contributed by atoms with E-state index in [-0.39, 0.29) is 5.78 Å².